The summed E-state index contributed by atoms with van der Waals surface area (Å²) in [6.07, 6.45) is 9.41. The maximum atomic E-state index is 12.0. The van der Waals surface area contributed by atoms with E-state index in [9.17, 15) is 9.59 Å². The maximum absolute atomic E-state index is 12.0. The summed E-state index contributed by atoms with van der Waals surface area (Å²) in [6.45, 7) is 1.49. The van der Waals surface area contributed by atoms with Gasteiger partial charge < -0.3 is 15.0 Å². The lowest BCUT2D eigenvalue weighted by atomic mass is 9.95. The third-order valence-corrected chi connectivity index (χ3v) is 3.87. The van der Waals surface area contributed by atoms with Crippen LogP contribution in [0.4, 0.5) is 0 Å². The van der Waals surface area contributed by atoms with Crippen LogP contribution in [0.15, 0.2) is 18.7 Å². The van der Waals surface area contributed by atoms with E-state index < -0.39 is 11.9 Å². The second kappa shape index (κ2) is 7.07. The molecule has 1 aliphatic carbocycles. The summed E-state index contributed by atoms with van der Waals surface area (Å²) in [7, 11) is 0. The molecule has 1 aromatic rings. The summed E-state index contributed by atoms with van der Waals surface area (Å²) in [5.41, 5.74) is 0. The Morgan fingerprint density at radius 1 is 1.30 bits per heavy atom. The van der Waals surface area contributed by atoms with Crippen LogP contribution in [-0.4, -0.2) is 33.1 Å². The third-order valence-electron chi connectivity index (χ3n) is 3.87. The van der Waals surface area contributed by atoms with Crippen molar-refractivity contribution in [1.82, 2.24) is 14.9 Å². The minimum atomic E-state index is -0.845. The van der Waals surface area contributed by atoms with Crippen LogP contribution in [0.2, 0.25) is 0 Å². The van der Waals surface area contributed by atoms with Crippen molar-refractivity contribution in [3.05, 3.63) is 18.7 Å². The van der Waals surface area contributed by atoms with E-state index in [2.05, 4.69) is 10.3 Å². The molecule has 0 spiro atoms. The molecule has 1 heterocycles. The highest BCUT2D eigenvalue weighted by molar-refractivity contribution is 5.85. The predicted molar refractivity (Wildman–Crippen MR) is 72.9 cm³/mol. The molecule has 1 fully saturated rings. The first-order valence-corrected chi connectivity index (χ1v) is 7.14. The number of aliphatic carboxylic acids is 1. The summed E-state index contributed by atoms with van der Waals surface area (Å²) in [4.78, 5) is 27.0. The molecule has 1 aromatic heterocycles. The molecule has 0 aliphatic heterocycles. The van der Waals surface area contributed by atoms with Gasteiger partial charge in [0, 0.05) is 25.5 Å². The number of carbonyl (C=O) groups excluding carboxylic acids is 1. The Labute approximate surface area is 118 Å². The molecule has 110 valence electrons. The quantitative estimate of drug-likeness (QED) is 0.736. The lowest BCUT2D eigenvalue weighted by molar-refractivity contribution is -0.146. The second-order valence-corrected chi connectivity index (χ2v) is 5.28. The highest BCUT2D eigenvalue weighted by atomic mass is 16.4. The summed E-state index contributed by atoms with van der Waals surface area (Å²) >= 11 is 0. The molecule has 6 nitrogen and oxygen atoms in total. The Morgan fingerprint density at radius 3 is 2.80 bits per heavy atom. The van der Waals surface area contributed by atoms with Gasteiger partial charge in [-0.1, -0.05) is 6.42 Å². The minimum Gasteiger partial charge on any atom is -0.481 e. The maximum Gasteiger partial charge on any atom is 0.307 e. The fourth-order valence-electron chi connectivity index (χ4n) is 2.75. The summed E-state index contributed by atoms with van der Waals surface area (Å²) < 4.78 is 2.00. The van der Waals surface area contributed by atoms with E-state index in [0.29, 0.717) is 19.4 Å². The highest BCUT2D eigenvalue weighted by Gasteiger charge is 2.37. The number of carboxylic acid groups (broad SMARTS) is 1. The van der Waals surface area contributed by atoms with E-state index in [1.165, 1.54) is 0 Å². The molecule has 20 heavy (non-hydrogen) atoms. The molecule has 1 aliphatic rings. The Morgan fingerprint density at radius 2 is 2.10 bits per heavy atom. The Kier molecular flexibility index (Phi) is 5.15. The van der Waals surface area contributed by atoms with Crippen molar-refractivity contribution in [2.24, 2.45) is 11.8 Å². The average molecular weight is 279 g/mol. The van der Waals surface area contributed by atoms with E-state index in [0.717, 1.165) is 25.8 Å². The first-order chi connectivity index (χ1) is 9.68. The standard InChI is InChI=1S/C14H21N3O3/c18-13(11-4-3-5-12(11)14(19)20)16-6-1-2-8-17-9-7-15-10-17/h7,9-12H,1-6,8H2,(H,16,18)(H,19,20). The molecule has 0 radical (unpaired) electrons. The Balaban J connectivity index is 1.63. The smallest absolute Gasteiger partial charge is 0.307 e. The zero-order valence-corrected chi connectivity index (χ0v) is 11.5. The first-order valence-electron chi connectivity index (χ1n) is 7.14. The van der Waals surface area contributed by atoms with Gasteiger partial charge in [-0.05, 0) is 25.7 Å². The normalized spacial score (nSPS) is 21.8. The number of carbonyl (C=O) groups is 2. The van der Waals surface area contributed by atoms with E-state index in [-0.39, 0.29) is 11.8 Å². The minimum absolute atomic E-state index is 0.0995. The summed E-state index contributed by atoms with van der Waals surface area (Å²) in [6, 6.07) is 0. The van der Waals surface area contributed by atoms with Gasteiger partial charge in [-0.25, -0.2) is 4.98 Å². The molecule has 2 N–H and O–H groups in total. The summed E-state index contributed by atoms with van der Waals surface area (Å²) in [5.74, 6) is -1.79. The number of aryl methyl sites for hydroxylation is 1. The van der Waals surface area contributed by atoms with Crippen molar-refractivity contribution in [3.63, 3.8) is 0 Å². The lowest BCUT2D eigenvalue weighted by Gasteiger charge is -2.15. The van der Waals surface area contributed by atoms with Crippen LogP contribution in [0.3, 0.4) is 0 Å². The topological polar surface area (TPSA) is 84.2 Å². The Bertz CT molecular complexity index is 445. The van der Waals surface area contributed by atoms with Gasteiger partial charge in [-0.2, -0.15) is 0 Å². The molecule has 1 saturated carbocycles. The largest absolute Gasteiger partial charge is 0.481 e. The van der Waals surface area contributed by atoms with E-state index in [1.807, 2.05) is 10.8 Å². The monoisotopic (exact) mass is 279 g/mol. The number of hydrogen-bond donors (Lipinski definition) is 2. The van der Waals surface area contributed by atoms with Crippen molar-refractivity contribution in [1.29, 1.82) is 0 Å². The molecule has 6 heteroatoms. The molecular weight excluding hydrogens is 258 g/mol. The van der Waals surface area contributed by atoms with Crippen molar-refractivity contribution >= 4 is 11.9 Å². The van der Waals surface area contributed by atoms with E-state index in [4.69, 9.17) is 5.11 Å². The van der Waals surface area contributed by atoms with Gasteiger partial charge >= 0.3 is 5.97 Å². The van der Waals surface area contributed by atoms with Gasteiger partial charge in [0.05, 0.1) is 18.2 Å². The fourth-order valence-corrected chi connectivity index (χ4v) is 2.75. The van der Waals surface area contributed by atoms with Gasteiger partial charge in [0.15, 0.2) is 0 Å². The first kappa shape index (κ1) is 14.6. The molecule has 2 rings (SSSR count). The van der Waals surface area contributed by atoms with Crippen LogP contribution < -0.4 is 5.32 Å². The SMILES string of the molecule is O=C(O)C1CCCC1C(=O)NCCCCn1ccnc1. The second-order valence-electron chi connectivity index (χ2n) is 5.28. The van der Waals surface area contributed by atoms with Crippen molar-refractivity contribution in [2.45, 2.75) is 38.6 Å². The molecule has 1 amide bonds. The zero-order chi connectivity index (χ0) is 14.4. The number of imidazole rings is 1. The van der Waals surface area contributed by atoms with E-state index >= 15 is 0 Å². The average Bonchev–Trinajstić information content (AvgIpc) is 3.09. The predicted octanol–water partition coefficient (Wildman–Crippen LogP) is 1.28. The van der Waals surface area contributed by atoms with Gasteiger partial charge in [-0.15, -0.1) is 0 Å². The molecular formula is C14H21N3O3. The van der Waals surface area contributed by atoms with Crippen LogP contribution in [0.5, 0.6) is 0 Å². The van der Waals surface area contributed by atoms with Crippen LogP contribution in [-0.2, 0) is 16.1 Å². The van der Waals surface area contributed by atoms with Gasteiger partial charge in [0.1, 0.15) is 0 Å². The van der Waals surface area contributed by atoms with Crippen molar-refractivity contribution < 1.29 is 14.7 Å². The zero-order valence-electron chi connectivity index (χ0n) is 11.5. The van der Waals surface area contributed by atoms with Crippen LogP contribution in [0.25, 0.3) is 0 Å². The van der Waals surface area contributed by atoms with Crippen molar-refractivity contribution in [2.75, 3.05) is 6.54 Å². The summed E-state index contributed by atoms with van der Waals surface area (Å²) in [5, 5.41) is 11.9. The molecule has 0 aromatic carbocycles. The third kappa shape index (κ3) is 3.82. The highest BCUT2D eigenvalue weighted by Crippen LogP contribution is 2.31. The number of unbranched alkanes of at least 4 members (excludes halogenated alkanes) is 1. The van der Waals surface area contributed by atoms with Gasteiger partial charge in [0.25, 0.3) is 0 Å². The van der Waals surface area contributed by atoms with E-state index in [1.54, 1.807) is 12.5 Å². The Hall–Kier alpha value is -1.85. The lowest BCUT2D eigenvalue weighted by Crippen LogP contribution is -2.35. The number of nitrogens with one attached hydrogen (secondary N) is 1. The van der Waals surface area contributed by atoms with Gasteiger partial charge in [-0.3, -0.25) is 9.59 Å². The molecule has 0 bridgehead atoms. The molecule has 2 unspecified atom stereocenters. The number of hydrogen-bond acceptors (Lipinski definition) is 3. The van der Waals surface area contributed by atoms with Crippen LogP contribution in [0, 0.1) is 11.8 Å². The number of nitrogens with zero attached hydrogens (tertiary/aromatic N) is 2. The number of carboxylic acids is 1. The van der Waals surface area contributed by atoms with Crippen molar-refractivity contribution in [3.8, 4) is 0 Å². The van der Waals surface area contributed by atoms with Crippen LogP contribution >= 0.6 is 0 Å². The fraction of sp³-hybridized carbons (Fsp3) is 0.643. The van der Waals surface area contributed by atoms with Gasteiger partial charge in [0.2, 0.25) is 5.91 Å². The number of rotatable bonds is 7. The number of amides is 1. The van der Waals surface area contributed by atoms with Crippen LogP contribution in [0.1, 0.15) is 32.1 Å². The number of aromatic nitrogens is 2. The molecule has 0 saturated heterocycles. The molecule has 2 atom stereocenters.